The van der Waals surface area contributed by atoms with E-state index < -0.39 is 6.04 Å². The maximum absolute atomic E-state index is 12.6. The number of hydrogen-bond donors (Lipinski definition) is 2. The molecule has 0 saturated carbocycles. The van der Waals surface area contributed by atoms with Gasteiger partial charge in [0.2, 0.25) is 5.91 Å². The molecule has 2 heterocycles. The van der Waals surface area contributed by atoms with Crippen LogP contribution < -0.4 is 10.6 Å². The smallest absolute Gasteiger partial charge is 0.273 e. The van der Waals surface area contributed by atoms with Gasteiger partial charge in [-0.05, 0) is 18.9 Å². The number of nitrogens with zero attached hydrogens (tertiary/aromatic N) is 2. The first-order valence-corrected chi connectivity index (χ1v) is 8.25. The molecule has 0 fully saturated rings. The molecule has 0 bridgehead atoms. The first kappa shape index (κ1) is 18.2. The van der Waals surface area contributed by atoms with Crippen molar-refractivity contribution in [3.05, 3.63) is 23.4 Å². The van der Waals surface area contributed by atoms with Crippen LogP contribution in [0.2, 0.25) is 0 Å². The van der Waals surface area contributed by atoms with Gasteiger partial charge in [-0.2, -0.15) is 0 Å². The van der Waals surface area contributed by atoms with Gasteiger partial charge in [-0.25, -0.2) is 4.98 Å². The molecule has 0 aliphatic carbocycles. The lowest BCUT2D eigenvalue weighted by molar-refractivity contribution is -0.125. The van der Waals surface area contributed by atoms with Crippen LogP contribution in [0.5, 0.6) is 0 Å². The van der Waals surface area contributed by atoms with Gasteiger partial charge >= 0.3 is 0 Å². The zero-order valence-electron chi connectivity index (χ0n) is 14.8. The normalized spacial score (nSPS) is 14.7. The summed E-state index contributed by atoms with van der Waals surface area (Å²) in [6.45, 7) is 8.01. The highest BCUT2D eigenvalue weighted by molar-refractivity contribution is 5.99. The largest absolute Gasteiger partial charge is 0.383 e. The highest BCUT2D eigenvalue weighted by atomic mass is 16.5. The Morgan fingerprint density at radius 3 is 2.79 bits per heavy atom. The SMILES string of the molecule is COCCNC(=O)[C@@H](C)N1Cc2ccc(NCC(C)C)nc2C1=O. The van der Waals surface area contributed by atoms with Crippen LogP contribution in [0.3, 0.4) is 0 Å². The second kappa shape index (κ2) is 8.10. The summed E-state index contributed by atoms with van der Waals surface area (Å²) in [7, 11) is 1.58. The molecule has 1 aliphatic heterocycles. The number of ether oxygens (including phenoxy) is 1. The molecule has 2 amide bonds. The number of anilines is 1. The molecule has 1 aromatic heterocycles. The van der Waals surface area contributed by atoms with Crippen molar-refractivity contribution in [3.63, 3.8) is 0 Å². The van der Waals surface area contributed by atoms with E-state index in [1.54, 1.807) is 18.9 Å². The second-order valence-corrected chi connectivity index (χ2v) is 6.37. The maximum atomic E-state index is 12.6. The molecule has 0 aromatic carbocycles. The van der Waals surface area contributed by atoms with Gasteiger partial charge < -0.3 is 20.3 Å². The maximum Gasteiger partial charge on any atom is 0.273 e. The third-order valence-corrected chi connectivity index (χ3v) is 3.93. The van der Waals surface area contributed by atoms with E-state index in [0.29, 0.717) is 37.1 Å². The van der Waals surface area contributed by atoms with Crippen molar-refractivity contribution in [2.45, 2.75) is 33.4 Å². The number of nitrogens with one attached hydrogen (secondary N) is 2. The van der Waals surface area contributed by atoms with Gasteiger partial charge in [0.05, 0.1) is 6.61 Å². The van der Waals surface area contributed by atoms with E-state index in [0.717, 1.165) is 12.1 Å². The Morgan fingerprint density at radius 2 is 2.12 bits per heavy atom. The monoisotopic (exact) mass is 334 g/mol. The average molecular weight is 334 g/mol. The molecule has 0 spiro atoms. The lowest BCUT2D eigenvalue weighted by atomic mass is 10.2. The minimum atomic E-state index is -0.546. The molecule has 2 N–H and O–H groups in total. The van der Waals surface area contributed by atoms with Gasteiger partial charge in [0, 0.05) is 32.3 Å². The fourth-order valence-corrected chi connectivity index (χ4v) is 2.48. The Balaban J connectivity index is 2.03. The van der Waals surface area contributed by atoms with Crippen LogP contribution in [0.4, 0.5) is 5.82 Å². The van der Waals surface area contributed by atoms with E-state index in [1.165, 1.54) is 0 Å². The number of aromatic nitrogens is 1. The standard InChI is InChI=1S/C17H26N4O3/c1-11(2)9-19-14-6-5-13-10-21(17(23)15(13)20-14)12(3)16(22)18-7-8-24-4/h5-6,11-12H,7-10H2,1-4H3,(H,18,22)(H,19,20)/t12-/m1/s1. The lowest BCUT2D eigenvalue weighted by Crippen LogP contribution is -2.46. The molecule has 24 heavy (non-hydrogen) atoms. The Labute approximate surface area is 142 Å². The minimum absolute atomic E-state index is 0.189. The van der Waals surface area contributed by atoms with Gasteiger partial charge in [0.15, 0.2) is 0 Å². The fraction of sp³-hybridized carbons (Fsp3) is 0.588. The number of pyridine rings is 1. The molecule has 2 rings (SSSR count). The molecule has 7 nitrogen and oxygen atoms in total. The molecule has 7 heteroatoms. The molecular weight excluding hydrogens is 308 g/mol. The Morgan fingerprint density at radius 1 is 1.38 bits per heavy atom. The highest BCUT2D eigenvalue weighted by Gasteiger charge is 2.35. The number of rotatable bonds is 8. The van der Waals surface area contributed by atoms with Crippen molar-refractivity contribution in [2.24, 2.45) is 5.92 Å². The van der Waals surface area contributed by atoms with Gasteiger partial charge in [-0.15, -0.1) is 0 Å². The van der Waals surface area contributed by atoms with E-state index in [9.17, 15) is 9.59 Å². The summed E-state index contributed by atoms with van der Waals surface area (Å²) in [4.78, 5) is 30.7. The molecule has 0 unspecified atom stereocenters. The highest BCUT2D eigenvalue weighted by Crippen LogP contribution is 2.24. The summed E-state index contributed by atoms with van der Waals surface area (Å²) < 4.78 is 4.91. The van der Waals surface area contributed by atoms with Crippen LogP contribution in [0, 0.1) is 5.92 Å². The number of carbonyl (C=O) groups excluding carboxylic acids is 2. The predicted octanol–water partition coefficient (Wildman–Crippen LogP) is 1.26. The third-order valence-electron chi connectivity index (χ3n) is 3.93. The van der Waals surface area contributed by atoms with Crippen LogP contribution in [0.25, 0.3) is 0 Å². The van der Waals surface area contributed by atoms with Crippen molar-refractivity contribution < 1.29 is 14.3 Å². The molecule has 1 atom stereocenters. The summed E-state index contributed by atoms with van der Waals surface area (Å²) in [6, 6.07) is 3.23. The number of carbonyl (C=O) groups is 2. The van der Waals surface area contributed by atoms with Crippen molar-refractivity contribution in [3.8, 4) is 0 Å². The van der Waals surface area contributed by atoms with E-state index in [1.807, 2.05) is 12.1 Å². The van der Waals surface area contributed by atoms with Crippen LogP contribution in [0.1, 0.15) is 36.8 Å². The summed E-state index contributed by atoms with van der Waals surface area (Å²) in [5.41, 5.74) is 1.28. The van der Waals surface area contributed by atoms with E-state index in [2.05, 4.69) is 29.5 Å². The van der Waals surface area contributed by atoms with Crippen LogP contribution in [0.15, 0.2) is 12.1 Å². The van der Waals surface area contributed by atoms with Crippen LogP contribution >= 0.6 is 0 Å². The molecule has 0 radical (unpaired) electrons. The summed E-state index contributed by atoms with van der Waals surface area (Å²) in [6.07, 6.45) is 0. The zero-order chi connectivity index (χ0) is 17.7. The van der Waals surface area contributed by atoms with Gasteiger partial charge in [0.25, 0.3) is 5.91 Å². The predicted molar refractivity (Wildman–Crippen MR) is 91.8 cm³/mol. The zero-order valence-corrected chi connectivity index (χ0v) is 14.8. The fourth-order valence-electron chi connectivity index (χ4n) is 2.48. The topological polar surface area (TPSA) is 83.6 Å². The Bertz CT molecular complexity index is 603. The number of hydrogen-bond acceptors (Lipinski definition) is 5. The van der Waals surface area contributed by atoms with E-state index >= 15 is 0 Å². The molecule has 1 aromatic rings. The molecular formula is C17H26N4O3. The average Bonchev–Trinajstić information content (AvgIpc) is 2.89. The quantitative estimate of drug-likeness (QED) is 0.699. The van der Waals surface area contributed by atoms with E-state index in [-0.39, 0.29) is 11.8 Å². The number of amides is 2. The number of methoxy groups -OCH3 is 1. The van der Waals surface area contributed by atoms with Crippen molar-refractivity contribution >= 4 is 17.6 Å². The summed E-state index contributed by atoms with van der Waals surface area (Å²) >= 11 is 0. The summed E-state index contributed by atoms with van der Waals surface area (Å²) in [5.74, 6) is 0.789. The molecule has 132 valence electrons. The van der Waals surface area contributed by atoms with Crippen LogP contribution in [-0.4, -0.2) is 54.5 Å². The van der Waals surface area contributed by atoms with Gasteiger partial charge in [0.1, 0.15) is 17.6 Å². The first-order valence-electron chi connectivity index (χ1n) is 8.25. The molecule has 1 aliphatic rings. The third kappa shape index (κ3) is 4.23. The second-order valence-electron chi connectivity index (χ2n) is 6.37. The van der Waals surface area contributed by atoms with Crippen molar-refractivity contribution in [1.29, 1.82) is 0 Å². The molecule has 0 saturated heterocycles. The number of fused-ring (bicyclic) bond motifs is 1. The lowest BCUT2D eigenvalue weighted by Gasteiger charge is -2.23. The Hall–Kier alpha value is -2.15. The van der Waals surface area contributed by atoms with Crippen LogP contribution in [-0.2, 0) is 16.1 Å². The summed E-state index contributed by atoms with van der Waals surface area (Å²) in [5, 5.41) is 5.98. The van der Waals surface area contributed by atoms with Gasteiger partial charge in [-0.1, -0.05) is 19.9 Å². The van der Waals surface area contributed by atoms with Crippen molar-refractivity contribution in [2.75, 3.05) is 32.1 Å². The van der Waals surface area contributed by atoms with E-state index in [4.69, 9.17) is 4.74 Å². The Kier molecular flexibility index (Phi) is 6.14. The first-order chi connectivity index (χ1) is 11.4. The van der Waals surface area contributed by atoms with Gasteiger partial charge in [-0.3, -0.25) is 9.59 Å². The minimum Gasteiger partial charge on any atom is -0.383 e. The van der Waals surface area contributed by atoms with Crippen molar-refractivity contribution in [1.82, 2.24) is 15.2 Å².